The average Bonchev–Trinajstić information content (AvgIpc) is 2.23. The van der Waals surface area contributed by atoms with Gasteiger partial charge in [0.05, 0.1) is 0 Å². The molecule has 0 saturated heterocycles. The maximum atomic E-state index is 8.88. The molecule has 0 amide bonds. The molecule has 0 atom stereocenters. The number of aromatic nitrogens is 2. The Balaban J connectivity index is 2.95. The Morgan fingerprint density at radius 1 is 1.50 bits per heavy atom. The summed E-state index contributed by atoms with van der Waals surface area (Å²) in [5.74, 6) is 0.850. The van der Waals surface area contributed by atoms with E-state index < -0.39 is 0 Å². The molecule has 0 aliphatic rings. The molecule has 4 nitrogen and oxygen atoms in total. The summed E-state index contributed by atoms with van der Waals surface area (Å²) in [7, 11) is 0. The van der Waals surface area contributed by atoms with E-state index in [1.807, 2.05) is 6.92 Å². The molecule has 90 valence electrons. The molecule has 0 aliphatic carbocycles. The molecule has 1 rings (SSSR count). The van der Waals surface area contributed by atoms with Crippen molar-refractivity contribution in [3.8, 4) is 0 Å². The van der Waals surface area contributed by atoms with Crippen LogP contribution in [0.1, 0.15) is 25.8 Å². The highest BCUT2D eigenvalue weighted by atomic mass is 35.5. The fourth-order valence-corrected chi connectivity index (χ4v) is 1.68. The normalized spacial score (nSPS) is 10.9. The summed E-state index contributed by atoms with van der Waals surface area (Å²) in [5, 5.41) is 9.14. The van der Waals surface area contributed by atoms with Crippen LogP contribution in [0.5, 0.6) is 0 Å². The molecule has 1 aromatic rings. The van der Waals surface area contributed by atoms with E-state index in [1.165, 1.54) is 0 Å². The highest BCUT2D eigenvalue weighted by Crippen LogP contribution is 2.20. The van der Waals surface area contributed by atoms with Gasteiger partial charge in [0, 0.05) is 31.0 Å². The van der Waals surface area contributed by atoms with Gasteiger partial charge in [-0.1, -0.05) is 0 Å². The highest BCUT2D eigenvalue weighted by Gasteiger charge is 2.14. The molecule has 0 aromatic carbocycles. The first-order valence-corrected chi connectivity index (χ1v) is 5.80. The highest BCUT2D eigenvalue weighted by molar-refractivity contribution is 6.28. The van der Waals surface area contributed by atoms with E-state index in [-0.39, 0.29) is 11.9 Å². The summed E-state index contributed by atoms with van der Waals surface area (Å²) >= 11 is 5.80. The van der Waals surface area contributed by atoms with Crippen LogP contribution in [0.25, 0.3) is 0 Å². The van der Waals surface area contributed by atoms with E-state index in [4.69, 9.17) is 16.7 Å². The van der Waals surface area contributed by atoms with Gasteiger partial charge in [-0.15, -0.1) is 0 Å². The van der Waals surface area contributed by atoms with Crippen LogP contribution in [0.2, 0.25) is 5.28 Å². The molecule has 0 unspecified atom stereocenters. The Bertz CT molecular complexity index is 344. The van der Waals surface area contributed by atoms with Gasteiger partial charge in [-0.25, -0.2) is 9.97 Å². The minimum Gasteiger partial charge on any atom is -0.396 e. The molecule has 0 radical (unpaired) electrons. The van der Waals surface area contributed by atoms with E-state index in [1.54, 1.807) is 6.20 Å². The zero-order chi connectivity index (χ0) is 12.1. The van der Waals surface area contributed by atoms with Gasteiger partial charge in [-0.3, -0.25) is 0 Å². The summed E-state index contributed by atoms with van der Waals surface area (Å²) in [6.45, 7) is 7.09. The third-order valence-electron chi connectivity index (χ3n) is 2.37. The predicted octanol–water partition coefficient (Wildman–Crippen LogP) is 2.04. The zero-order valence-electron chi connectivity index (χ0n) is 9.94. The van der Waals surface area contributed by atoms with Crippen molar-refractivity contribution in [2.45, 2.75) is 33.2 Å². The maximum absolute atomic E-state index is 8.88. The second-order valence-electron chi connectivity index (χ2n) is 4.01. The van der Waals surface area contributed by atoms with Gasteiger partial charge in [0.15, 0.2) is 0 Å². The molecule has 1 heterocycles. The molecule has 0 saturated carbocycles. The lowest BCUT2D eigenvalue weighted by molar-refractivity contribution is 0.288. The summed E-state index contributed by atoms with van der Waals surface area (Å²) in [6.07, 6.45) is 2.44. The van der Waals surface area contributed by atoms with Gasteiger partial charge in [0.1, 0.15) is 5.82 Å². The van der Waals surface area contributed by atoms with Gasteiger partial charge in [0.25, 0.3) is 0 Å². The minimum atomic E-state index is 0.182. The number of hydrogen-bond donors (Lipinski definition) is 1. The molecule has 16 heavy (non-hydrogen) atoms. The van der Waals surface area contributed by atoms with E-state index in [9.17, 15) is 0 Å². The number of anilines is 1. The smallest absolute Gasteiger partial charge is 0.224 e. The number of aliphatic hydroxyl groups is 1. The fourth-order valence-electron chi connectivity index (χ4n) is 1.55. The second kappa shape index (κ2) is 6.01. The maximum Gasteiger partial charge on any atom is 0.224 e. The SMILES string of the molecule is Cc1cnc(Cl)nc1N(CCCO)C(C)C. The first-order chi connectivity index (χ1) is 7.56. The Kier molecular flexibility index (Phi) is 4.96. The molecule has 0 fully saturated rings. The fraction of sp³-hybridized carbons (Fsp3) is 0.636. The number of aliphatic hydroxyl groups excluding tert-OH is 1. The quantitative estimate of drug-likeness (QED) is 0.804. The van der Waals surface area contributed by atoms with E-state index >= 15 is 0 Å². The minimum absolute atomic E-state index is 0.182. The van der Waals surface area contributed by atoms with Gasteiger partial charge >= 0.3 is 0 Å². The lowest BCUT2D eigenvalue weighted by Crippen LogP contribution is -2.33. The Morgan fingerprint density at radius 3 is 2.75 bits per heavy atom. The molecule has 0 bridgehead atoms. The molecule has 0 aliphatic heterocycles. The lowest BCUT2D eigenvalue weighted by Gasteiger charge is -2.28. The van der Waals surface area contributed by atoms with E-state index in [0.717, 1.165) is 24.3 Å². The number of halogens is 1. The standard InChI is InChI=1S/C11H18ClN3O/c1-8(2)15(5-4-6-16)10-9(3)7-13-11(12)14-10/h7-8,16H,4-6H2,1-3H3. The number of rotatable bonds is 5. The first kappa shape index (κ1) is 13.2. The number of nitrogens with zero attached hydrogens (tertiary/aromatic N) is 3. The van der Waals surface area contributed by atoms with Gasteiger partial charge in [-0.2, -0.15) is 0 Å². The van der Waals surface area contributed by atoms with Gasteiger partial charge < -0.3 is 10.0 Å². The van der Waals surface area contributed by atoms with Crippen LogP contribution in [0, 0.1) is 6.92 Å². The molecular weight excluding hydrogens is 226 g/mol. The summed E-state index contributed by atoms with van der Waals surface area (Å²) < 4.78 is 0. The third kappa shape index (κ3) is 3.32. The van der Waals surface area contributed by atoms with Crippen LogP contribution in [0.3, 0.4) is 0 Å². The average molecular weight is 244 g/mol. The molecule has 1 N–H and O–H groups in total. The van der Waals surface area contributed by atoms with Gasteiger partial charge in [0.2, 0.25) is 5.28 Å². The van der Waals surface area contributed by atoms with Gasteiger partial charge in [-0.05, 0) is 38.8 Å². The topological polar surface area (TPSA) is 49.2 Å². The van der Waals surface area contributed by atoms with Crippen molar-refractivity contribution in [2.24, 2.45) is 0 Å². The Labute approximate surface area is 101 Å². The van der Waals surface area contributed by atoms with Crippen molar-refractivity contribution in [1.29, 1.82) is 0 Å². The van der Waals surface area contributed by atoms with Crippen molar-refractivity contribution in [2.75, 3.05) is 18.1 Å². The zero-order valence-corrected chi connectivity index (χ0v) is 10.7. The third-order valence-corrected chi connectivity index (χ3v) is 2.55. The molecule has 5 heteroatoms. The lowest BCUT2D eigenvalue weighted by atomic mass is 10.2. The van der Waals surface area contributed by atoms with Crippen molar-refractivity contribution in [3.63, 3.8) is 0 Å². The Morgan fingerprint density at radius 2 is 2.19 bits per heavy atom. The molecular formula is C11H18ClN3O. The largest absolute Gasteiger partial charge is 0.396 e. The first-order valence-electron chi connectivity index (χ1n) is 5.43. The van der Waals surface area contributed by atoms with Crippen LogP contribution in [-0.2, 0) is 0 Å². The van der Waals surface area contributed by atoms with Crippen molar-refractivity contribution in [1.82, 2.24) is 9.97 Å². The van der Waals surface area contributed by atoms with Crippen LogP contribution >= 0.6 is 11.6 Å². The summed E-state index contributed by atoms with van der Waals surface area (Å²) in [6, 6.07) is 0.316. The predicted molar refractivity (Wildman–Crippen MR) is 66.0 cm³/mol. The summed E-state index contributed by atoms with van der Waals surface area (Å²) in [4.78, 5) is 10.3. The van der Waals surface area contributed by atoms with Crippen molar-refractivity contribution in [3.05, 3.63) is 17.0 Å². The molecule has 0 spiro atoms. The number of hydrogen-bond acceptors (Lipinski definition) is 4. The monoisotopic (exact) mass is 243 g/mol. The Hall–Kier alpha value is -0.870. The second-order valence-corrected chi connectivity index (χ2v) is 4.35. The van der Waals surface area contributed by atoms with Crippen LogP contribution in [0.15, 0.2) is 6.20 Å². The van der Waals surface area contributed by atoms with Crippen molar-refractivity contribution >= 4 is 17.4 Å². The number of aryl methyl sites for hydroxylation is 1. The van der Waals surface area contributed by atoms with E-state index in [2.05, 4.69) is 28.7 Å². The van der Waals surface area contributed by atoms with E-state index in [0.29, 0.717) is 6.04 Å². The van der Waals surface area contributed by atoms with Crippen molar-refractivity contribution < 1.29 is 5.11 Å². The van der Waals surface area contributed by atoms with Crippen LogP contribution in [0.4, 0.5) is 5.82 Å². The molecule has 1 aromatic heterocycles. The summed E-state index contributed by atoms with van der Waals surface area (Å²) in [5.41, 5.74) is 0.996. The van der Waals surface area contributed by atoms with Crippen LogP contribution in [-0.4, -0.2) is 34.3 Å². The van der Waals surface area contributed by atoms with Crippen LogP contribution < -0.4 is 4.90 Å².